The first-order valence-electron chi connectivity index (χ1n) is 5.45. The number of fused-ring (bicyclic) bond motifs is 3. The molecule has 19 heavy (non-hydrogen) atoms. The van der Waals surface area contributed by atoms with Crippen LogP contribution in [0, 0.1) is 11.6 Å². The molecule has 2 aromatic rings. The van der Waals surface area contributed by atoms with Crippen LogP contribution in [0.3, 0.4) is 0 Å². The number of hydrogen-bond donors (Lipinski definition) is 0. The molecule has 1 aliphatic rings. The van der Waals surface area contributed by atoms with Crippen molar-refractivity contribution in [2.24, 2.45) is 0 Å². The van der Waals surface area contributed by atoms with Crippen molar-refractivity contribution in [1.82, 2.24) is 0 Å². The second-order valence-corrected chi connectivity index (χ2v) is 4.35. The molecule has 0 spiro atoms. The van der Waals surface area contributed by atoms with Gasteiger partial charge in [0.2, 0.25) is 5.69 Å². The van der Waals surface area contributed by atoms with Gasteiger partial charge in [0.15, 0.2) is 12.7 Å². The molecule has 1 aliphatic heterocycles. The van der Waals surface area contributed by atoms with Crippen molar-refractivity contribution in [2.45, 2.75) is 12.7 Å². The minimum absolute atomic E-state index is 0.0310. The van der Waals surface area contributed by atoms with Crippen LogP contribution >= 0.6 is 0 Å². The van der Waals surface area contributed by atoms with Crippen LogP contribution in [0.2, 0.25) is 0 Å². The van der Waals surface area contributed by atoms with E-state index in [1.807, 2.05) is 0 Å². The molecule has 1 nitrogen and oxygen atoms in total. The van der Waals surface area contributed by atoms with Gasteiger partial charge in [0, 0.05) is 17.7 Å². The van der Waals surface area contributed by atoms with E-state index in [0.717, 1.165) is 24.4 Å². The van der Waals surface area contributed by atoms with Crippen LogP contribution in [0.4, 0.5) is 22.0 Å². The van der Waals surface area contributed by atoms with Gasteiger partial charge in [-0.25, -0.2) is 8.78 Å². The highest BCUT2D eigenvalue weighted by Gasteiger charge is 2.37. The quantitative estimate of drug-likeness (QED) is 0.436. The number of hydrogen-bond acceptors (Lipinski definition) is 0. The van der Waals surface area contributed by atoms with E-state index in [1.165, 1.54) is 10.6 Å². The summed E-state index contributed by atoms with van der Waals surface area (Å²) in [7, 11) is 0. The molecule has 6 heteroatoms. The Bertz CT molecular complexity index is 675. The molecule has 0 amide bonds. The van der Waals surface area contributed by atoms with E-state index in [-0.39, 0.29) is 12.1 Å². The highest BCUT2D eigenvalue weighted by atomic mass is 19.4. The lowest BCUT2D eigenvalue weighted by Gasteiger charge is -2.04. The van der Waals surface area contributed by atoms with Crippen LogP contribution in [0.1, 0.15) is 11.1 Å². The standard InChI is InChI=1S/C13H7F5N/c14-9-3-7-5-19-6-8(13(16,17)18)1-2-11(19)12(7)10(15)4-9/h1-4,6H,5H2/q+1. The molecule has 2 heterocycles. The first-order chi connectivity index (χ1) is 8.86. The molecule has 0 bridgehead atoms. The zero-order valence-corrected chi connectivity index (χ0v) is 9.43. The lowest BCUT2D eigenvalue weighted by atomic mass is 10.1. The van der Waals surface area contributed by atoms with Crippen LogP contribution in [0.15, 0.2) is 30.5 Å². The normalized spacial score (nSPS) is 13.3. The molecule has 3 rings (SSSR count). The molecular weight excluding hydrogens is 265 g/mol. The van der Waals surface area contributed by atoms with Gasteiger partial charge in [-0.2, -0.15) is 17.7 Å². The van der Waals surface area contributed by atoms with Gasteiger partial charge < -0.3 is 0 Å². The Balaban J connectivity index is 2.17. The van der Waals surface area contributed by atoms with Gasteiger partial charge in [-0.3, -0.25) is 0 Å². The van der Waals surface area contributed by atoms with E-state index in [2.05, 4.69) is 0 Å². The summed E-state index contributed by atoms with van der Waals surface area (Å²) < 4.78 is 65.8. The summed E-state index contributed by atoms with van der Waals surface area (Å²) in [6.07, 6.45) is -3.55. The van der Waals surface area contributed by atoms with Gasteiger partial charge in [0.25, 0.3) is 0 Å². The van der Waals surface area contributed by atoms with Crippen molar-refractivity contribution in [3.63, 3.8) is 0 Å². The topological polar surface area (TPSA) is 3.88 Å². The molecule has 0 radical (unpaired) electrons. The Morgan fingerprint density at radius 2 is 1.79 bits per heavy atom. The van der Waals surface area contributed by atoms with E-state index in [4.69, 9.17) is 0 Å². The Morgan fingerprint density at radius 1 is 1.05 bits per heavy atom. The van der Waals surface area contributed by atoms with Crippen molar-refractivity contribution in [3.8, 4) is 11.3 Å². The summed E-state index contributed by atoms with van der Waals surface area (Å²) in [5.74, 6) is -1.50. The Hall–Kier alpha value is -1.98. The second-order valence-electron chi connectivity index (χ2n) is 4.35. The Morgan fingerprint density at radius 3 is 2.47 bits per heavy atom. The number of benzene rings is 1. The maximum atomic E-state index is 13.7. The van der Waals surface area contributed by atoms with Crippen molar-refractivity contribution in [3.05, 3.63) is 53.2 Å². The summed E-state index contributed by atoms with van der Waals surface area (Å²) >= 11 is 0. The van der Waals surface area contributed by atoms with Gasteiger partial charge >= 0.3 is 6.18 Å². The van der Waals surface area contributed by atoms with Crippen LogP contribution in [0.25, 0.3) is 11.3 Å². The summed E-state index contributed by atoms with van der Waals surface area (Å²) in [6.45, 7) is 0.0310. The minimum atomic E-state index is -4.46. The van der Waals surface area contributed by atoms with Crippen molar-refractivity contribution < 1.29 is 26.5 Å². The monoisotopic (exact) mass is 272 g/mol. The third-order valence-electron chi connectivity index (χ3n) is 3.09. The smallest absolute Gasteiger partial charge is 0.207 e. The summed E-state index contributed by atoms with van der Waals surface area (Å²) in [5, 5.41) is 0. The number of pyridine rings is 1. The molecule has 0 atom stereocenters. The Kier molecular flexibility index (Phi) is 2.39. The average molecular weight is 272 g/mol. The lowest BCUT2D eigenvalue weighted by molar-refractivity contribution is -0.673. The second kappa shape index (κ2) is 3.76. The van der Waals surface area contributed by atoms with E-state index < -0.39 is 23.4 Å². The van der Waals surface area contributed by atoms with Crippen LogP contribution in [-0.2, 0) is 12.7 Å². The van der Waals surface area contributed by atoms with Gasteiger partial charge in [-0.15, -0.1) is 0 Å². The van der Waals surface area contributed by atoms with E-state index >= 15 is 0 Å². The zero-order valence-electron chi connectivity index (χ0n) is 9.43. The molecular formula is C13H7F5N+. The van der Waals surface area contributed by atoms with E-state index in [9.17, 15) is 22.0 Å². The Labute approximate surface area is 104 Å². The van der Waals surface area contributed by atoms with Gasteiger partial charge in [0.1, 0.15) is 17.2 Å². The van der Waals surface area contributed by atoms with Gasteiger partial charge in [-0.05, 0) is 12.1 Å². The van der Waals surface area contributed by atoms with Crippen LogP contribution in [0.5, 0.6) is 0 Å². The van der Waals surface area contributed by atoms with Gasteiger partial charge in [0.05, 0.1) is 5.56 Å². The first-order valence-corrected chi connectivity index (χ1v) is 5.45. The minimum Gasteiger partial charge on any atom is -0.207 e. The average Bonchev–Trinajstić information content (AvgIpc) is 2.64. The van der Waals surface area contributed by atoms with Gasteiger partial charge in [-0.1, -0.05) is 0 Å². The van der Waals surface area contributed by atoms with Crippen molar-refractivity contribution in [1.29, 1.82) is 0 Å². The summed E-state index contributed by atoms with van der Waals surface area (Å²) in [5.41, 5.74) is 0.0115. The molecule has 0 aliphatic carbocycles. The number of alkyl halides is 3. The largest absolute Gasteiger partial charge is 0.422 e. The third kappa shape index (κ3) is 1.87. The molecule has 0 unspecified atom stereocenters. The van der Waals surface area contributed by atoms with Crippen molar-refractivity contribution in [2.75, 3.05) is 0 Å². The highest BCUT2D eigenvalue weighted by Crippen LogP contribution is 2.33. The van der Waals surface area contributed by atoms with Crippen LogP contribution in [-0.4, -0.2) is 0 Å². The SMILES string of the molecule is Fc1cc(F)c2c(c1)C[n+]1cc(C(F)(F)F)ccc1-2. The van der Waals surface area contributed by atoms with Crippen LogP contribution < -0.4 is 4.57 Å². The fourth-order valence-electron chi connectivity index (χ4n) is 2.29. The highest BCUT2D eigenvalue weighted by molar-refractivity contribution is 5.64. The lowest BCUT2D eigenvalue weighted by Crippen LogP contribution is -2.33. The molecule has 0 saturated carbocycles. The molecule has 98 valence electrons. The molecule has 0 N–H and O–H groups in total. The third-order valence-corrected chi connectivity index (χ3v) is 3.09. The molecule has 0 saturated heterocycles. The summed E-state index contributed by atoms with van der Waals surface area (Å²) in [4.78, 5) is 0. The van der Waals surface area contributed by atoms with E-state index in [1.54, 1.807) is 0 Å². The first kappa shape index (κ1) is 12.1. The molecule has 1 aromatic carbocycles. The maximum Gasteiger partial charge on any atom is 0.422 e. The number of aromatic nitrogens is 1. The number of nitrogens with zero attached hydrogens (tertiary/aromatic N) is 1. The number of rotatable bonds is 0. The predicted octanol–water partition coefficient (Wildman–Crippen LogP) is 3.30. The fraction of sp³-hybridized carbons (Fsp3) is 0.154. The predicted molar refractivity (Wildman–Crippen MR) is 56.1 cm³/mol. The fourth-order valence-corrected chi connectivity index (χ4v) is 2.29. The zero-order chi connectivity index (χ0) is 13.8. The van der Waals surface area contributed by atoms with Crippen molar-refractivity contribution >= 4 is 0 Å². The molecule has 1 aromatic heterocycles. The van der Waals surface area contributed by atoms with E-state index in [0.29, 0.717) is 11.3 Å². The molecule has 0 fully saturated rings. The summed E-state index contributed by atoms with van der Waals surface area (Å²) in [6, 6.07) is 3.96. The number of halogens is 5. The maximum absolute atomic E-state index is 13.7.